The number of amides is 2. The number of carbonyl (C=O) groups excluding carboxylic acids is 2. The van der Waals surface area contributed by atoms with Crippen molar-refractivity contribution in [3.05, 3.63) is 71.2 Å². The van der Waals surface area contributed by atoms with Crippen LogP contribution in [0.1, 0.15) is 32.0 Å². The van der Waals surface area contributed by atoms with Crippen LogP contribution in [-0.4, -0.2) is 42.0 Å². The molecule has 0 unspecified atom stereocenters. The van der Waals surface area contributed by atoms with Crippen LogP contribution >= 0.6 is 11.3 Å². The Morgan fingerprint density at radius 1 is 1.09 bits per heavy atom. The molecular weight excluding hydrogens is 450 g/mol. The predicted molar refractivity (Wildman–Crippen MR) is 136 cm³/mol. The zero-order valence-electron chi connectivity index (χ0n) is 19.9. The van der Waals surface area contributed by atoms with E-state index in [0.29, 0.717) is 42.0 Å². The van der Waals surface area contributed by atoms with Gasteiger partial charge >= 0.3 is 0 Å². The van der Waals surface area contributed by atoms with Crippen LogP contribution in [-0.2, 0) is 16.1 Å². The molecule has 0 fully saturated rings. The topological polar surface area (TPSA) is 72.0 Å². The van der Waals surface area contributed by atoms with Crippen molar-refractivity contribution in [1.29, 1.82) is 0 Å². The van der Waals surface area contributed by atoms with Crippen molar-refractivity contribution >= 4 is 40.0 Å². The van der Waals surface area contributed by atoms with Crippen LogP contribution in [0.5, 0.6) is 11.5 Å². The van der Waals surface area contributed by atoms with E-state index in [1.165, 1.54) is 24.3 Å². The summed E-state index contributed by atoms with van der Waals surface area (Å²) in [5, 5.41) is 2.38. The second-order valence-electron chi connectivity index (χ2n) is 7.35. The molecule has 0 saturated heterocycles. The maximum atomic E-state index is 12.8. The molecule has 8 heteroatoms. The molecule has 1 aromatic heterocycles. The summed E-state index contributed by atoms with van der Waals surface area (Å²) in [6, 6.07) is 15.0. The number of ether oxygens (including phenoxy) is 2. The van der Waals surface area contributed by atoms with Gasteiger partial charge in [-0.2, -0.15) is 0 Å². The van der Waals surface area contributed by atoms with Crippen LogP contribution in [0, 0.1) is 0 Å². The maximum Gasteiger partial charge on any atom is 0.246 e. The van der Waals surface area contributed by atoms with E-state index in [1.54, 1.807) is 23.0 Å². The lowest BCUT2D eigenvalue weighted by atomic mass is 10.2. The molecule has 2 aromatic carbocycles. The third kappa shape index (κ3) is 6.23. The smallest absolute Gasteiger partial charge is 0.246 e. The largest absolute Gasteiger partial charge is 0.493 e. The molecule has 0 atom stereocenters. The number of benzene rings is 2. The molecule has 0 aliphatic heterocycles. The number of para-hydroxylation sites is 1. The van der Waals surface area contributed by atoms with Gasteiger partial charge in [-0.1, -0.05) is 24.3 Å². The van der Waals surface area contributed by atoms with Crippen molar-refractivity contribution in [2.45, 2.75) is 27.3 Å². The Labute approximate surface area is 204 Å². The molecule has 3 rings (SSSR count). The number of rotatable bonds is 10. The van der Waals surface area contributed by atoms with Gasteiger partial charge in [0.15, 0.2) is 16.6 Å². The fourth-order valence-corrected chi connectivity index (χ4v) is 4.23. The van der Waals surface area contributed by atoms with E-state index in [2.05, 4.69) is 4.98 Å². The molecule has 0 radical (unpaired) electrons. The summed E-state index contributed by atoms with van der Waals surface area (Å²) >= 11 is 1.35. The van der Waals surface area contributed by atoms with Gasteiger partial charge in [-0.3, -0.25) is 14.5 Å². The summed E-state index contributed by atoms with van der Waals surface area (Å²) in [6.45, 7) is 6.89. The fraction of sp³-hybridized carbons (Fsp3) is 0.269. The number of hydrogen-bond acceptors (Lipinski definition) is 6. The standard InChI is InChI=1S/C26H29N3O4S/c1-5-28(17-20-12-14-23(33-6-2)24(16-20)32-4)25(31)15-13-21-18-34-26(27-21)29(19(3)30)22-10-8-7-9-11-22/h7-16,18H,5-6,17H2,1-4H3/b15-13+. The molecule has 0 N–H and O–H groups in total. The van der Waals surface area contributed by atoms with E-state index >= 15 is 0 Å². The molecule has 34 heavy (non-hydrogen) atoms. The first-order chi connectivity index (χ1) is 16.5. The fourth-order valence-electron chi connectivity index (χ4n) is 3.37. The molecule has 0 spiro atoms. The van der Waals surface area contributed by atoms with E-state index in [9.17, 15) is 9.59 Å². The monoisotopic (exact) mass is 479 g/mol. The van der Waals surface area contributed by atoms with Crippen molar-refractivity contribution in [2.75, 3.05) is 25.2 Å². The summed E-state index contributed by atoms with van der Waals surface area (Å²) in [5.74, 6) is 1.06. The van der Waals surface area contributed by atoms with Crippen molar-refractivity contribution in [3.63, 3.8) is 0 Å². The minimum Gasteiger partial charge on any atom is -0.493 e. The van der Waals surface area contributed by atoms with Gasteiger partial charge in [0.05, 0.1) is 25.1 Å². The number of likely N-dealkylation sites (N-methyl/N-ethyl adjacent to an activating group) is 1. The zero-order chi connectivity index (χ0) is 24.5. The Hall–Kier alpha value is -3.65. The molecule has 178 valence electrons. The predicted octanol–water partition coefficient (Wildman–Crippen LogP) is 5.30. The van der Waals surface area contributed by atoms with E-state index in [-0.39, 0.29) is 11.8 Å². The van der Waals surface area contributed by atoms with Crippen LogP contribution < -0.4 is 14.4 Å². The van der Waals surface area contributed by atoms with E-state index in [1.807, 2.05) is 67.8 Å². The highest BCUT2D eigenvalue weighted by Crippen LogP contribution is 2.30. The lowest BCUT2D eigenvalue weighted by molar-refractivity contribution is -0.126. The molecule has 3 aromatic rings. The Morgan fingerprint density at radius 2 is 1.85 bits per heavy atom. The molecule has 7 nitrogen and oxygen atoms in total. The maximum absolute atomic E-state index is 12.8. The highest BCUT2D eigenvalue weighted by molar-refractivity contribution is 7.14. The Balaban J connectivity index is 1.71. The number of hydrogen-bond donors (Lipinski definition) is 0. The Kier molecular flexibility index (Phi) is 8.81. The lowest BCUT2D eigenvalue weighted by Crippen LogP contribution is -2.28. The lowest BCUT2D eigenvalue weighted by Gasteiger charge is -2.20. The van der Waals surface area contributed by atoms with Crippen molar-refractivity contribution in [1.82, 2.24) is 9.88 Å². The SMILES string of the molecule is CCOc1ccc(CN(CC)C(=O)/C=C/c2csc(N(C(C)=O)c3ccccc3)n2)cc1OC. The second kappa shape index (κ2) is 12.0. The van der Waals surface area contributed by atoms with Gasteiger partial charge in [-0.15, -0.1) is 11.3 Å². The molecule has 0 saturated carbocycles. The average molecular weight is 480 g/mol. The Bertz CT molecular complexity index is 1140. The normalized spacial score (nSPS) is 10.8. The first-order valence-electron chi connectivity index (χ1n) is 11.0. The molecule has 0 aliphatic carbocycles. The summed E-state index contributed by atoms with van der Waals surface area (Å²) in [6.07, 6.45) is 3.18. The number of methoxy groups -OCH3 is 1. The van der Waals surface area contributed by atoms with Gasteiger partial charge in [-0.05, 0) is 49.8 Å². The first-order valence-corrected chi connectivity index (χ1v) is 11.9. The van der Waals surface area contributed by atoms with Crippen LogP contribution in [0.25, 0.3) is 6.08 Å². The minimum atomic E-state index is -0.130. The van der Waals surface area contributed by atoms with Gasteiger partial charge in [0.2, 0.25) is 11.8 Å². The number of thiazole rings is 1. The van der Waals surface area contributed by atoms with Crippen LogP contribution in [0.15, 0.2) is 60.0 Å². The van der Waals surface area contributed by atoms with E-state index in [0.717, 1.165) is 11.3 Å². The highest BCUT2D eigenvalue weighted by atomic mass is 32.1. The molecular formula is C26H29N3O4S. The zero-order valence-corrected chi connectivity index (χ0v) is 20.7. The highest BCUT2D eigenvalue weighted by Gasteiger charge is 2.17. The summed E-state index contributed by atoms with van der Waals surface area (Å²) < 4.78 is 11.0. The summed E-state index contributed by atoms with van der Waals surface area (Å²) in [4.78, 5) is 32.9. The van der Waals surface area contributed by atoms with Crippen molar-refractivity contribution in [2.24, 2.45) is 0 Å². The molecule has 1 heterocycles. The van der Waals surface area contributed by atoms with Gasteiger partial charge in [0.1, 0.15) is 0 Å². The third-order valence-corrected chi connectivity index (χ3v) is 5.87. The van der Waals surface area contributed by atoms with Crippen LogP contribution in [0.2, 0.25) is 0 Å². The second-order valence-corrected chi connectivity index (χ2v) is 8.19. The third-order valence-electron chi connectivity index (χ3n) is 5.02. The van der Waals surface area contributed by atoms with Crippen LogP contribution in [0.3, 0.4) is 0 Å². The average Bonchev–Trinajstić information content (AvgIpc) is 3.30. The molecule has 0 aliphatic rings. The minimum absolute atomic E-state index is 0.128. The van der Waals surface area contributed by atoms with Crippen molar-refractivity contribution < 1.29 is 19.1 Å². The summed E-state index contributed by atoms with van der Waals surface area (Å²) in [7, 11) is 1.60. The quantitative estimate of drug-likeness (QED) is 0.369. The number of nitrogens with zero attached hydrogens (tertiary/aromatic N) is 3. The number of aromatic nitrogens is 1. The molecule has 0 bridgehead atoms. The van der Waals surface area contributed by atoms with Gasteiger partial charge < -0.3 is 14.4 Å². The summed E-state index contributed by atoms with van der Waals surface area (Å²) in [5.41, 5.74) is 2.31. The van der Waals surface area contributed by atoms with Crippen LogP contribution in [0.4, 0.5) is 10.8 Å². The first kappa shape index (κ1) is 25.0. The van der Waals surface area contributed by atoms with Gasteiger partial charge in [0.25, 0.3) is 0 Å². The van der Waals surface area contributed by atoms with Gasteiger partial charge in [0, 0.05) is 31.5 Å². The molecule has 2 amide bonds. The number of anilines is 2. The van der Waals surface area contributed by atoms with Gasteiger partial charge in [-0.25, -0.2) is 4.98 Å². The van der Waals surface area contributed by atoms with E-state index < -0.39 is 0 Å². The van der Waals surface area contributed by atoms with Crippen molar-refractivity contribution in [3.8, 4) is 11.5 Å². The number of carbonyl (C=O) groups is 2. The Morgan fingerprint density at radius 3 is 2.50 bits per heavy atom. The van der Waals surface area contributed by atoms with E-state index in [4.69, 9.17) is 9.47 Å².